The molecule has 102 valence electrons. The third kappa shape index (κ3) is 2.79. The smallest absolute Gasteiger partial charge is 0.0960 e. The number of fused-ring (bicyclic) bond motifs is 1. The van der Waals surface area contributed by atoms with E-state index in [4.69, 9.17) is 4.74 Å². The molecule has 1 aliphatic rings. The molecule has 3 atom stereocenters. The second-order valence-electron chi connectivity index (χ2n) is 5.37. The maximum atomic E-state index is 5.87. The third-order valence-corrected chi connectivity index (χ3v) is 5.60. The van der Waals surface area contributed by atoms with Crippen LogP contribution < -0.4 is 5.32 Å². The van der Waals surface area contributed by atoms with Crippen molar-refractivity contribution in [3.8, 4) is 0 Å². The molecule has 0 fully saturated rings. The lowest BCUT2D eigenvalue weighted by Crippen LogP contribution is -2.24. The van der Waals surface area contributed by atoms with Crippen molar-refractivity contribution in [3.63, 3.8) is 0 Å². The molecule has 3 unspecified atom stereocenters. The van der Waals surface area contributed by atoms with E-state index in [2.05, 4.69) is 32.2 Å². The van der Waals surface area contributed by atoms with E-state index < -0.39 is 0 Å². The lowest BCUT2D eigenvalue weighted by molar-refractivity contribution is 0.0451. The van der Waals surface area contributed by atoms with Crippen LogP contribution in [-0.4, -0.2) is 20.2 Å². The molecule has 2 nitrogen and oxygen atoms in total. The van der Waals surface area contributed by atoms with Crippen molar-refractivity contribution >= 4 is 11.3 Å². The largest absolute Gasteiger partial charge is 0.372 e. The Balaban J connectivity index is 2.21. The summed E-state index contributed by atoms with van der Waals surface area (Å²) in [7, 11) is 1.99. The fraction of sp³-hybridized carbons (Fsp3) is 0.733. The first kappa shape index (κ1) is 14.0. The van der Waals surface area contributed by atoms with Gasteiger partial charge in [-0.15, -0.1) is 11.3 Å². The summed E-state index contributed by atoms with van der Waals surface area (Å²) >= 11 is 2.01. The molecule has 0 spiro atoms. The predicted molar refractivity (Wildman–Crippen MR) is 78.5 cm³/mol. The summed E-state index contributed by atoms with van der Waals surface area (Å²) in [5.41, 5.74) is 1.44. The molecule has 18 heavy (non-hydrogen) atoms. The number of likely N-dealkylation sites (N-methyl/N-ethyl adjacent to an activating group) is 1. The van der Waals surface area contributed by atoms with E-state index in [9.17, 15) is 0 Å². The highest BCUT2D eigenvalue weighted by Gasteiger charge is 2.25. The molecule has 0 aliphatic carbocycles. The third-order valence-electron chi connectivity index (χ3n) is 4.19. The molecular formula is C15H25NOS. The van der Waals surface area contributed by atoms with Crippen molar-refractivity contribution in [3.05, 3.63) is 21.4 Å². The van der Waals surface area contributed by atoms with Crippen molar-refractivity contribution in [2.24, 2.45) is 5.92 Å². The fourth-order valence-corrected chi connectivity index (χ4v) is 3.91. The molecule has 1 N–H and O–H groups in total. The molecule has 0 aromatic carbocycles. The fourth-order valence-electron chi connectivity index (χ4n) is 2.53. The predicted octanol–water partition coefficient (Wildman–Crippen LogP) is 3.73. The molecular weight excluding hydrogens is 242 g/mol. The number of nitrogens with one attached hydrogen (secondary N) is 1. The van der Waals surface area contributed by atoms with E-state index >= 15 is 0 Å². The van der Waals surface area contributed by atoms with Gasteiger partial charge in [-0.2, -0.15) is 0 Å². The average Bonchev–Trinajstić information content (AvgIpc) is 2.82. The van der Waals surface area contributed by atoms with E-state index in [1.54, 1.807) is 9.75 Å². The monoisotopic (exact) mass is 267 g/mol. The molecule has 1 aromatic rings. The van der Waals surface area contributed by atoms with Crippen LogP contribution in [0.2, 0.25) is 0 Å². The normalized spacial score (nSPS) is 22.6. The SMILES string of the molecule is CCC(C)C(C)c1cc2c(s1)CCOC2CNC. The zero-order valence-corrected chi connectivity index (χ0v) is 12.8. The quantitative estimate of drug-likeness (QED) is 0.877. The minimum atomic E-state index is 0.257. The van der Waals surface area contributed by atoms with Crippen molar-refractivity contribution in [2.75, 3.05) is 20.2 Å². The van der Waals surface area contributed by atoms with E-state index in [1.807, 2.05) is 18.4 Å². The molecule has 0 saturated carbocycles. The van der Waals surface area contributed by atoms with Gasteiger partial charge in [0.15, 0.2) is 0 Å². The van der Waals surface area contributed by atoms with Crippen LogP contribution in [0.3, 0.4) is 0 Å². The summed E-state index contributed by atoms with van der Waals surface area (Å²) < 4.78 is 5.87. The Morgan fingerprint density at radius 1 is 1.50 bits per heavy atom. The number of thiophene rings is 1. The topological polar surface area (TPSA) is 21.3 Å². The highest BCUT2D eigenvalue weighted by atomic mass is 32.1. The summed E-state index contributed by atoms with van der Waals surface area (Å²) in [5.74, 6) is 1.43. The Labute approximate surface area is 115 Å². The lowest BCUT2D eigenvalue weighted by Gasteiger charge is -2.22. The molecule has 2 rings (SSSR count). The molecule has 1 aliphatic heterocycles. The highest BCUT2D eigenvalue weighted by molar-refractivity contribution is 7.12. The van der Waals surface area contributed by atoms with Gasteiger partial charge >= 0.3 is 0 Å². The van der Waals surface area contributed by atoms with Gasteiger partial charge < -0.3 is 10.1 Å². The first-order valence-corrected chi connectivity index (χ1v) is 7.87. The number of ether oxygens (including phenoxy) is 1. The maximum absolute atomic E-state index is 5.87. The van der Waals surface area contributed by atoms with E-state index in [1.165, 1.54) is 12.0 Å². The Bertz CT molecular complexity index is 388. The summed E-state index contributed by atoms with van der Waals surface area (Å²) in [4.78, 5) is 3.09. The second-order valence-corrected chi connectivity index (χ2v) is 6.54. The van der Waals surface area contributed by atoms with Gasteiger partial charge in [-0.05, 0) is 30.5 Å². The average molecular weight is 267 g/mol. The molecule has 0 radical (unpaired) electrons. The maximum Gasteiger partial charge on any atom is 0.0960 e. The second kappa shape index (κ2) is 6.18. The van der Waals surface area contributed by atoms with Crippen molar-refractivity contribution < 1.29 is 4.74 Å². The van der Waals surface area contributed by atoms with Crippen LogP contribution in [-0.2, 0) is 11.2 Å². The van der Waals surface area contributed by atoms with Crippen LogP contribution >= 0.6 is 11.3 Å². The Morgan fingerprint density at radius 3 is 2.94 bits per heavy atom. The first-order chi connectivity index (χ1) is 8.67. The van der Waals surface area contributed by atoms with Crippen LogP contribution in [0.15, 0.2) is 6.07 Å². The zero-order chi connectivity index (χ0) is 13.1. The van der Waals surface area contributed by atoms with Crippen molar-refractivity contribution in [2.45, 2.75) is 45.6 Å². The van der Waals surface area contributed by atoms with Crippen LogP contribution in [0, 0.1) is 5.92 Å². The standard InChI is InChI=1S/C15H25NOS/c1-5-10(2)11(3)15-8-12-13(9-16-4)17-7-6-14(12)18-15/h8,10-11,13,16H,5-7,9H2,1-4H3. The minimum Gasteiger partial charge on any atom is -0.372 e. The van der Waals surface area contributed by atoms with Gasteiger partial charge in [0.05, 0.1) is 12.7 Å². The molecule has 0 amide bonds. The number of hydrogen-bond acceptors (Lipinski definition) is 3. The molecule has 1 aromatic heterocycles. The van der Waals surface area contributed by atoms with E-state index in [0.29, 0.717) is 5.92 Å². The van der Waals surface area contributed by atoms with Crippen LogP contribution in [0.1, 0.15) is 54.5 Å². The Morgan fingerprint density at radius 2 is 2.28 bits per heavy atom. The molecule has 0 saturated heterocycles. The number of rotatable bonds is 5. The Hall–Kier alpha value is -0.380. The zero-order valence-electron chi connectivity index (χ0n) is 12.0. The van der Waals surface area contributed by atoms with Crippen LogP contribution in [0.4, 0.5) is 0 Å². The highest BCUT2D eigenvalue weighted by Crippen LogP contribution is 2.39. The van der Waals surface area contributed by atoms with E-state index in [-0.39, 0.29) is 6.10 Å². The van der Waals surface area contributed by atoms with Crippen molar-refractivity contribution in [1.29, 1.82) is 0 Å². The lowest BCUT2D eigenvalue weighted by atomic mass is 9.91. The molecule has 2 heterocycles. The van der Waals surface area contributed by atoms with Gasteiger partial charge in [-0.1, -0.05) is 27.2 Å². The van der Waals surface area contributed by atoms with Gasteiger partial charge in [-0.25, -0.2) is 0 Å². The van der Waals surface area contributed by atoms with Gasteiger partial charge in [0, 0.05) is 22.7 Å². The first-order valence-electron chi connectivity index (χ1n) is 7.06. The van der Waals surface area contributed by atoms with Crippen LogP contribution in [0.5, 0.6) is 0 Å². The molecule has 0 bridgehead atoms. The van der Waals surface area contributed by atoms with Gasteiger partial charge in [0.1, 0.15) is 0 Å². The summed E-state index contributed by atoms with van der Waals surface area (Å²) in [5, 5.41) is 3.23. The molecule has 3 heteroatoms. The van der Waals surface area contributed by atoms with Gasteiger partial charge in [0.2, 0.25) is 0 Å². The summed E-state index contributed by atoms with van der Waals surface area (Å²) in [6.45, 7) is 8.78. The minimum absolute atomic E-state index is 0.257. The van der Waals surface area contributed by atoms with Crippen LogP contribution in [0.25, 0.3) is 0 Å². The van der Waals surface area contributed by atoms with Gasteiger partial charge in [0.25, 0.3) is 0 Å². The van der Waals surface area contributed by atoms with Crippen molar-refractivity contribution in [1.82, 2.24) is 5.32 Å². The summed E-state index contributed by atoms with van der Waals surface area (Å²) in [6.07, 6.45) is 2.60. The Kier molecular flexibility index (Phi) is 4.82. The number of hydrogen-bond donors (Lipinski definition) is 1. The van der Waals surface area contributed by atoms with Gasteiger partial charge in [-0.3, -0.25) is 0 Å². The van der Waals surface area contributed by atoms with E-state index in [0.717, 1.165) is 25.5 Å². The summed E-state index contributed by atoms with van der Waals surface area (Å²) in [6, 6.07) is 2.40.